The first-order valence-electron chi connectivity index (χ1n) is 5.02. The SMILES string of the molecule is Cc1ccc(Sc2nc(C)[nH]c2[N+](=O)[O-])cc1. The van der Waals surface area contributed by atoms with Gasteiger partial charge < -0.3 is 10.1 Å². The van der Waals surface area contributed by atoms with Gasteiger partial charge in [0.1, 0.15) is 0 Å². The number of hydrogen-bond donors (Lipinski definition) is 1. The molecule has 0 aliphatic rings. The summed E-state index contributed by atoms with van der Waals surface area (Å²) in [7, 11) is 0. The van der Waals surface area contributed by atoms with Crippen molar-refractivity contribution in [2.75, 3.05) is 0 Å². The Morgan fingerprint density at radius 2 is 1.94 bits per heavy atom. The predicted octanol–water partition coefficient (Wildman–Crippen LogP) is 3.09. The zero-order chi connectivity index (χ0) is 12.4. The monoisotopic (exact) mass is 249 g/mol. The zero-order valence-corrected chi connectivity index (χ0v) is 10.2. The van der Waals surface area contributed by atoms with E-state index in [1.807, 2.05) is 31.2 Å². The van der Waals surface area contributed by atoms with Gasteiger partial charge in [-0.2, -0.15) is 4.98 Å². The molecule has 1 heterocycles. The Kier molecular flexibility index (Phi) is 3.14. The molecule has 0 aliphatic heterocycles. The van der Waals surface area contributed by atoms with Gasteiger partial charge in [-0.05, 0) is 24.0 Å². The highest BCUT2D eigenvalue weighted by Gasteiger charge is 2.18. The van der Waals surface area contributed by atoms with E-state index in [9.17, 15) is 10.1 Å². The molecule has 1 aromatic carbocycles. The molecule has 0 saturated carbocycles. The van der Waals surface area contributed by atoms with Crippen LogP contribution in [-0.2, 0) is 0 Å². The van der Waals surface area contributed by atoms with E-state index < -0.39 is 4.92 Å². The average Bonchev–Trinajstić information content (AvgIpc) is 2.63. The average molecular weight is 249 g/mol. The van der Waals surface area contributed by atoms with E-state index in [1.54, 1.807) is 6.92 Å². The molecule has 6 heteroatoms. The number of benzene rings is 1. The summed E-state index contributed by atoms with van der Waals surface area (Å²) >= 11 is 1.29. The fourth-order valence-electron chi connectivity index (χ4n) is 1.37. The number of nitro groups is 1. The van der Waals surface area contributed by atoms with Crippen LogP contribution in [0.25, 0.3) is 0 Å². The maximum Gasteiger partial charge on any atom is 0.355 e. The minimum Gasteiger partial charge on any atom is -0.358 e. The lowest BCUT2D eigenvalue weighted by molar-refractivity contribution is -0.392. The summed E-state index contributed by atoms with van der Waals surface area (Å²) in [5.41, 5.74) is 1.15. The van der Waals surface area contributed by atoms with Crippen LogP contribution in [0.1, 0.15) is 11.4 Å². The Labute approximate surface area is 102 Å². The van der Waals surface area contributed by atoms with E-state index in [4.69, 9.17) is 0 Å². The molecule has 0 radical (unpaired) electrons. The molecule has 0 aliphatic carbocycles. The van der Waals surface area contributed by atoms with Crippen LogP contribution < -0.4 is 0 Å². The second-order valence-corrected chi connectivity index (χ2v) is 4.71. The molecule has 0 atom stereocenters. The molecular weight excluding hydrogens is 238 g/mol. The third-order valence-electron chi connectivity index (χ3n) is 2.19. The summed E-state index contributed by atoms with van der Waals surface area (Å²) in [4.78, 5) is 18.0. The van der Waals surface area contributed by atoms with Crippen LogP contribution in [0.2, 0.25) is 0 Å². The zero-order valence-electron chi connectivity index (χ0n) is 9.43. The maximum absolute atomic E-state index is 10.8. The Hall–Kier alpha value is -1.82. The quantitative estimate of drug-likeness (QED) is 0.670. The molecule has 0 bridgehead atoms. The summed E-state index contributed by atoms with van der Waals surface area (Å²) in [6, 6.07) is 7.78. The lowest BCUT2D eigenvalue weighted by Crippen LogP contribution is -1.89. The molecule has 0 spiro atoms. The number of rotatable bonds is 3. The largest absolute Gasteiger partial charge is 0.358 e. The highest BCUT2D eigenvalue weighted by atomic mass is 32.2. The smallest absolute Gasteiger partial charge is 0.355 e. The molecule has 0 unspecified atom stereocenters. The Morgan fingerprint density at radius 3 is 2.53 bits per heavy atom. The normalized spacial score (nSPS) is 10.5. The Balaban J connectivity index is 2.29. The van der Waals surface area contributed by atoms with Gasteiger partial charge in [-0.15, -0.1) is 0 Å². The Morgan fingerprint density at radius 1 is 1.29 bits per heavy atom. The molecule has 17 heavy (non-hydrogen) atoms. The van der Waals surface area contributed by atoms with Crippen molar-refractivity contribution in [2.45, 2.75) is 23.8 Å². The summed E-state index contributed by atoms with van der Waals surface area (Å²) < 4.78 is 0. The van der Waals surface area contributed by atoms with Crippen molar-refractivity contribution < 1.29 is 4.92 Å². The van der Waals surface area contributed by atoms with E-state index in [1.165, 1.54) is 11.8 Å². The first-order valence-corrected chi connectivity index (χ1v) is 5.83. The van der Waals surface area contributed by atoms with Gasteiger partial charge >= 0.3 is 5.82 Å². The van der Waals surface area contributed by atoms with Gasteiger partial charge in [-0.3, -0.25) is 0 Å². The van der Waals surface area contributed by atoms with Crippen molar-refractivity contribution in [3.63, 3.8) is 0 Å². The van der Waals surface area contributed by atoms with Gasteiger partial charge in [-0.1, -0.05) is 29.5 Å². The molecule has 88 valence electrons. The number of aromatic amines is 1. The number of nitrogens with one attached hydrogen (secondary N) is 1. The van der Waals surface area contributed by atoms with Crippen LogP contribution >= 0.6 is 11.8 Å². The number of aromatic nitrogens is 2. The lowest BCUT2D eigenvalue weighted by Gasteiger charge is -1.99. The van der Waals surface area contributed by atoms with Crippen LogP contribution in [0, 0.1) is 24.0 Å². The molecular formula is C11H11N3O2S. The van der Waals surface area contributed by atoms with Crippen LogP contribution in [-0.4, -0.2) is 14.9 Å². The number of imidazole rings is 1. The Bertz CT molecular complexity index is 548. The molecule has 2 rings (SSSR count). The van der Waals surface area contributed by atoms with Gasteiger partial charge in [0.25, 0.3) is 0 Å². The van der Waals surface area contributed by atoms with Gasteiger partial charge in [0, 0.05) is 11.8 Å². The molecule has 0 amide bonds. The van der Waals surface area contributed by atoms with Gasteiger partial charge in [0.2, 0.25) is 0 Å². The summed E-state index contributed by atoms with van der Waals surface area (Å²) in [6.45, 7) is 3.70. The second-order valence-electron chi connectivity index (χ2n) is 3.65. The van der Waals surface area contributed by atoms with Crippen LogP contribution in [0.5, 0.6) is 0 Å². The number of hydrogen-bond acceptors (Lipinski definition) is 4. The second kappa shape index (κ2) is 4.58. The van der Waals surface area contributed by atoms with Gasteiger partial charge in [0.15, 0.2) is 10.9 Å². The van der Waals surface area contributed by atoms with Crippen molar-refractivity contribution in [3.05, 3.63) is 45.8 Å². The number of aryl methyl sites for hydroxylation is 2. The topological polar surface area (TPSA) is 71.8 Å². The maximum atomic E-state index is 10.8. The molecule has 0 saturated heterocycles. The summed E-state index contributed by atoms with van der Waals surface area (Å²) in [6.07, 6.45) is 0. The van der Waals surface area contributed by atoms with Gasteiger partial charge in [0.05, 0.1) is 0 Å². The minimum absolute atomic E-state index is 0.0481. The highest BCUT2D eigenvalue weighted by molar-refractivity contribution is 7.99. The third-order valence-corrected chi connectivity index (χ3v) is 3.18. The lowest BCUT2D eigenvalue weighted by atomic mass is 10.2. The highest BCUT2D eigenvalue weighted by Crippen LogP contribution is 2.32. The van der Waals surface area contributed by atoms with Crippen molar-refractivity contribution in [3.8, 4) is 0 Å². The molecule has 0 fully saturated rings. The minimum atomic E-state index is -0.448. The standard InChI is InChI=1S/C11H11N3O2S/c1-7-3-5-9(6-4-7)17-11-10(14(15)16)12-8(2)13-11/h3-6H,1-2H3,(H,12,13). The van der Waals surface area contributed by atoms with Crippen molar-refractivity contribution >= 4 is 17.6 Å². The van der Waals surface area contributed by atoms with E-state index in [0.717, 1.165) is 10.5 Å². The first kappa shape index (κ1) is 11.7. The summed E-state index contributed by atoms with van der Waals surface area (Å²) in [5.74, 6) is 0.499. The van der Waals surface area contributed by atoms with E-state index in [-0.39, 0.29) is 5.82 Å². The molecule has 1 aromatic heterocycles. The third kappa shape index (κ3) is 2.65. The first-order chi connectivity index (χ1) is 8.06. The van der Waals surface area contributed by atoms with Crippen LogP contribution in [0.15, 0.2) is 34.2 Å². The van der Waals surface area contributed by atoms with Crippen molar-refractivity contribution in [1.82, 2.24) is 9.97 Å². The van der Waals surface area contributed by atoms with Crippen LogP contribution in [0.3, 0.4) is 0 Å². The fraction of sp³-hybridized carbons (Fsp3) is 0.182. The van der Waals surface area contributed by atoms with Gasteiger partial charge in [-0.25, -0.2) is 4.98 Å². The number of nitrogens with zero attached hydrogens (tertiary/aromatic N) is 2. The molecule has 5 nitrogen and oxygen atoms in total. The van der Waals surface area contributed by atoms with Crippen LogP contribution in [0.4, 0.5) is 5.82 Å². The molecule has 1 N–H and O–H groups in total. The van der Waals surface area contributed by atoms with E-state index in [2.05, 4.69) is 9.97 Å². The van der Waals surface area contributed by atoms with Crippen molar-refractivity contribution in [2.24, 2.45) is 0 Å². The summed E-state index contributed by atoms with van der Waals surface area (Å²) in [5, 5.41) is 11.2. The predicted molar refractivity (Wildman–Crippen MR) is 65.3 cm³/mol. The molecule has 2 aromatic rings. The number of H-pyrrole nitrogens is 1. The van der Waals surface area contributed by atoms with Crippen molar-refractivity contribution in [1.29, 1.82) is 0 Å². The van der Waals surface area contributed by atoms with E-state index in [0.29, 0.717) is 10.9 Å². The van der Waals surface area contributed by atoms with E-state index >= 15 is 0 Å². The fourth-order valence-corrected chi connectivity index (χ4v) is 2.27.